The average Bonchev–Trinajstić information content (AvgIpc) is 2.56. The molecule has 0 amide bonds. The van der Waals surface area contributed by atoms with Crippen LogP contribution in [0.25, 0.3) is 0 Å². The molecule has 12 heteroatoms. The van der Waals surface area contributed by atoms with Crippen molar-refractivity contribution in [1.82, 2.24) is 16.0 Å². The Morgan fingerprint density at radius 1 is 1.00 bits per heavy atom. The molecular formula is C14H26F6N4O2. The zero-order valence-corrected chi connectivity index (χ0v) is 14.5. The molecule has 156 valence electrons. The third-order valence-electron chi connectivity index (χ3n) is 3.20. The van der Waals surface area contributed by atoms with Crippen molar-refractivity contribution in [1.29, 1.82) is 0 Å². The van der Waals surface area contributed by atoms with Crippen LogP contribution >= 0.6 is 0 Å². The summed E-state index contributed by atoms with van der Waals surface area (Å²) in [7, 11) is 0. The summed E-state index contributed by atoms with van der Waals surface area (Å²) >= 11 is 0. The summed E-state index contributed by atoms with van der Waals surface area (Å²) in [4.78, 5) is 11.5. The smallest absolute Gasteiger partial charge is 0.425 e. The summed E-state index contributed by atoms with van der Waals surface area (Å²) < 4.78 is 78.7. The van der Waals surface area contributed by atoms with Gasteiger partial charge in [0.2, 0.25) is 0 Å². The van der Waals surface area contributed by atoms with Crippen molar-refractivity contribution >= 4 is 5.97 Å². The first kappa shape index (κ1) is 24.9. The maximum absolute atomic E-state index is 13.0. The fourth-order valence-electron chi connectivity index (χ4n) is 1.73. The second-order valence-corrected chi connectivity index (χ2v) is 5.67. The molecule has 26 heavy (non-hydrogen) atoms. The summed E-state index contributed by atoms with van der Waals surface area (Å²) in [5.74, 6) is -6.84. The van der Waals surface area contributed by atoms with Gasteiger partial charge in [-0.15, -0.1) is 0 Å². The molecule has 0 aromatic heterocycles. The lowest BCUT2D eigenvalue weighted by atomic mass is 10.2. The summed E-state index contributed by atoms with van der Waals surface area (Å²) in [5, 5.41) is 9.03. The molecule has 0 aromatic carbocycles. The topological polar surface area (TPSA) is 88.4 Å². The van der Waals surface area contributed by atoms with Gasteiger partial charge in [-0.05, 0) is 0 Å². The molecule has 6 nitrogen and oxygen atoms in total. The van der Waals surface area contributed by atoms with E-state index >= 15 is 0 Å². The number of nitrogens with one attached hydrogen (secondary N) is 3. The lowest BCUT2D eigenvalue weighted by Gasteiger charge is -2.23. The Morgan fingerprint density at radius 2 is 1.50 bits per heavy atom. The molecule has 0 aliphatic rings. The van der Waals surface area contributed by atoms with Crippen LogP contribution in [0.5, 0.6) is 0 Å². The monoisotopic (exact) mass is 396 g/mol. The van der Waals surface area contributed by atoms with E-state index in [1.54, 1.807) is 0 Å². The molecule has 0 spiro atoms. The summed E-state index contributed by atoms with van der Waals surface area (Å²) in [6.45, 7) is 3.23. The maximum atomic E-state index is 13.0. The SMILES string of the molecule is CC(CNCCNCCNCCN)C(=O)OCC(F)(F)C(F)C(F)(F)F. The van der Waals surface area contributed by atoms with Crippen LogP contribution in [-0.2, 0) is 9.53 Å². The maximum Gasteiger partial charge on any atom is 0.425 e. The van der Waals surface area contributed by atoms with Gasteiger partial charge >= 0.3 is 18.1 Å². The number of hydrogen-bond acceptors (Lipinski definition) is 6. The number of ether oxygens (including phenoxy) is 1. The minimum absolute atomic E-state index is 0.0792. The molecule has 0 aromatic rings. The van der Waals surface area contributed by atoms with Gasteiger partial charge in [-0.1, -0.05) is 6.92 Å². The van der Waals surface area contributed by atoms with E-state index in [0.29, 0.717) is 32.7 Å². The first-order valence-corrected chi connectivity index (χ1v) is 8.09. The highest BCUT2D eigenvalue weighted by Gasteiger charge is 2.57. The molecular weight excluding hydrogens is 370 g/mol. The fourth-order valence-corrected chi connectivity index (χ4v) is 1.73. The molecule has 0 aliphatic heterocycles. The standard InChI is InChI=1S/C14H26F6N4O2/c1-10(8-24-7-6-23-5-4-22-3-2-21)11(25)26-9-13(16,17)12(15)14(18,19)20/h10,12,22-24H,2-9,21H2,1H3. The van der Waals surface area contributed by atoms with Gasteiger partial charge in [0.1, 0.15) is 0 Å². The van der Waals surface area contributed by atoms with E-state index in [4.69, 9.17) is 5.73 Å². The Labute approximate surface area is 148 Å². The number of hydrogen-bond donors (Lipinski definition) is 4. The van der Waals surface area contributed by atoms with Crippen LogP contribution in [0, 0.1) is 5.92 Å². The zero-order chi connectivity index (χ0) is 20.2. The van der Waals surface area contributed by atoms with Crippen LogP contribution in [0.4, 0.5) is 26.3 Å². The number of carbonyl (C=O) groups excluding carboxylic acids is 1. The van der Waals surface area contributed by atoms with Crippen LogP contribution in [0.3, 0.4) is 0 Å². The van der Waals surface area contributed by atoms with Crippen LogP contribution in [0.2, 0.25) is 0 Å². The van der Waals surface area contributed by atoms with Crippen molar-refractivity contribution in [2.75, 3.05) is 52.4 Å². The molecule has 0 radical (unpaired) electrons. The quantitative estimate of drug-likeness (QED) is 0.194. The van der Waals surface area contributed by atoms with E-state index in [9.17, 15) is 31.1 Å². The van der Waals surface area contributed by atoms with Gasteiger partial charge in [0.15, 0.2) is 6.61 Å². The Morgan fingerprint density at radius 3 is 2.00 bits per heavy atom. The normalized spacial score (nSPS) is 14.9. The third-order valence-corrected chi connectivity index (χ3v) is 3.20. The van der Waals surface area contributed by atoms with E-state index < -0.39 is 36.8 Å². The van der Waals surface area contributed by atoms with Crippen molar-refractivity contribution in [3.63, 3.8) is 0 Å². The van der Waals surface area contributed by atoms with Crippen LogP contribution < -0.4 is 21.7 Å². The fraction of sp³-hybridized carbons (Fsp3) is 0.929. The van der Waals surface area contributed by atoms with Gasteiger partial charge in [-0.3, -0.25) is 4.79 Å². The molecule has 2 unspecified atom stereocenters. The largest absolute Gasteiger partial charge is 0.459 e. The number of esters is 1. The first-order chi connectivity index (χ1) is 12.0. The average molecular weight is 396 g/mol. The number of halogens is 6. The van der Waals surface area contributed by atoms with Crippen LogP contribution in [0.15, 0.2) is 0 Å². The first-order valence-electron chi connectivity index (χ1n) is 8.09. The molecule has 0 heterocycles. The van der Waals surface area contributed by atoms with Gasteiger partial charge in [-0.25, -0.2) is 4.39 Å². The number of rotatable bonds is 14. The number of alkyl halides is 6. The highest BCUT2D eigenvalue weighted by molar-refractivity contribution is 5.72. The van der Waals surface area contributed by atoms with Crippen molar-refractivity contribution < 1.29 is 35.9 Å². The van der Waals surface area contributed by atoms with Crippen molar-refractivity contribution in [3.8, 4) is 0 Å². The Bertz CT molecular complexity index is 398. The molecule has 0 aliphatic carbocycles. The van der Waals surface area contributed by atoms with Gasteiger partial charge < -0.3 is 26.4 Å². The molecule has 2 atom stereocenters. The third kappa shape index (κ3) is 10.8. The van der Waals surface area contributed by atoms with Gasteiger partial charge in [-0.2, -0.15) is 22.0 Å². The van der Waals surface area contributed by atoms with Crippen molar-refractivity contribution in [3.05, 3.63) is 0 Å². The highest BCUT2D eigenvalue weighted by atomic mass is 19.4. The van der Waals surface area contributed by atoms with Gasteiger partial charge in [0, 0.05) is 45.8 Å². The van der Waals surface area contributed by atoms with E-state index in [-0.39, 0.29) is 6.54 Å². The Kier molecular flexibility index (Phi) is 11.8. The van der Waals surface area contributed by atoms with Gasteiger partial charge in [0.05, 0.1) is 5.92 Å². The van der Waals surface area contributed by atoms with Crippen molar-refractivity contribution in [2.45, 2.75) is 25.2 Å². The van der Waals surface area contributed by atoms with E-state index in [1.165, 1.54) is 6.92 Å². The molecule has 5 N–H and O–H groups in total. The van der Waals surface area contributed by atoms with E-state index in [2.05, 4.69) is 20.7 Å². The highest BCUT2D eigenvalue weighted by Crippen LogP contribution is 2.35. The van der Waals surface area contributed by atoms with Crippen LogP contribution in [0.1, 0.15) is 6.92 Å². The minimum Gasteiger partial charge on any atom is -0.459 e. The predicted octanol–water partition coefficient (Wildman–Crippen LogP) is 0.429. The Balaban J connectivity index is 3.90. The molecule has 0 fully saturated rings. The summed E-state index contributed by atoms with van der Waals surface area (Å²) in [5.41, 5.74) is 5.30. The second-order valence-electron chi connectivity index (χ2n) is 5.67. The number of carbonyl (C=O) groups is 1. The minimum atomic E-state index is -5.73. The number of nitrogens with two attached hydrogens (primary N) is 1. The van der Waals surface area contributed by atoms with E-state index in [0.717, 1.165) is 6.54 Å². The lowest BCUT2D eigenvalue weighted by molar-refractivity contribution is -0.254. The molecule has 0 saturated heterocycles. The molecule has 0 bridgehead atoms. The Hall–Kier alpha value is -1.11. The summed E-state index contributed by atoms with van der Waals surface area (Å²) in [6.07, 6.45) is -10.1. The van der Waals surface area contributed by atoms with Gasteiger partial charge in [0.25, 0.3) is 6.17 Å². The molecule has 0 saturated carbocycles. The lowest BCUT2D eigenvalue weighted by Crippen LogP contribution is -2.45. The zero-order valence-electron chi connectivity index (χ0n) is 14.5. The predicted molar refractivity (Wildman–Crippen MR) is 83.7 cm³/mol. The van der Waals surface area contributed by atoms with Crippen LogP contribution in [-0.4, -0.2) is 76.7 Å². The van der Waals surface area contributed by atoms with E-state index in [1.807, 2.05) is 0 Å². The second kappa shape index (κ2) is 12.3. The summed E-state index contributed by atoms with van der Waals surface area (Å²) in [6, 6.07) is 0. The van der Waals surface area contributed by atoms with Crippen molar-refractivity contribution in [2.24, 2.45) is 11.7 Å². The molecule has 0 rings (SSSR count).